The maximum Gasteiger partial charge on any atom is 0.162 e. The summed E-state index contributed by atoms with van der Waals surface area (Å²) >= 11 is 0. The molecule has 0 radical (unpaired) electrons. The molecular weight excluding hydrogens is 422 g/mol. The van der Waals surface area contributed by atoms with E-state index in [0.717, 1.165) is 65.0 Å². The zero-order valence-electron chi connectivity index (χ0n) is 19.1. The monoisotopic (exact) mass is 447 g/mol. The van der Waals surface area contributed by atoms with Gasteiger partial charge in [0.25, 0.3) is 0 Å². The Kier molecular flexibility index (Phi) is 5.90. The number of nitrogens with zero attached hydrogens (tertiary/aromatic N) is 6. The maximum absolute atomic E-state index is 9.79. The Morgan fingerprint density at radius 3 is 2.79 bits per heavy atom. The molecule has 1 saturated heterocycles. The highest BCUT2D eigenvalue weighted by atomic mass is 15.3. The van der Waals surface area contributed by atoms with Crippen LogP contribution in [0.5, 0.6) is 0 Å². The van der Waals surface area contributed by atoms with Crippen LogP contribution in [-0.2, 0) is 0 Å². The summed E-state index contributed by atoms with van der Waals surface area (Å²) in [7, 11) is 0. The van der Waals surface area contributed by atoms with Gasteiger partial charge in [-0.25, -0.2) is 9.67 Å². The van der Waals surface area contributed by atoms with Crippen LogP contribution in [0.2, 0.25) is 0 Å². The molecule has 0 aliphatic carbocycles. The Morgan fingerprint density at radius 2 is 2.00 bits per heavy atom. The molecule has 3 heterocycles. The molecule has 1 aliphatic heterocycles. The number of hydrogen-bond acceptors (Lipinski definition) is 6. The van der Waals surface area contributed by atoms with Crippen molar-refractivity contribution in [1.29, 1.82) is 5.26 Å². The topological polar surface area (TPSA) is 82.1 Å². The van der Waals surface area contributed by atoms with E-state index in [4.69, 9.17) is 0 Å². The van der Waals surface area contributed by atoms with E-state index in [9.17, 15) is 5.26 Å². The van der Waals surface area contributed by atoms with E-state index in [-0.39, 0.29) is 0 Å². The first-order valence-electron chi connectivity index (χ1n) is 11.3. The second-order valence-corrected chi connectivity index (χ2v) is 8.25. The highest BCUT2D eigenvalue weighted by Crippen LogP contribution is 2.35. The molecule has 0 bridgehead atoms. The fraction of sp³-hybridized carbons (Fsp3) is 0.185. The number of piperazine rings is 1. The lowest BCUT2D eigenvalue weighted by Gasteiger charge is -2.30. The molecule has 5 rings (SSSR count). The summed E-state index contributed by atoms with van der Waals surface area (Å²) in [4.78, 5) is 11.0. The molecule has 7 heteroatoms. The van der Waals surface area contributed by atoms with Crippen molar-refractivity contribution >= 4 is 40.9 Å². The average molecular weight is 448 g/mol. The Hall–Kier alpha value is -4.28. The average Bonchev–Trinajstić information content (AvgIpc) is 3.30. The first-order chi connectivity index (χ1) is 16.7. The van der Waals surface area contributed by atoms with Crippen molar-refractivity contribution in [3.05, 3.63) is 72.1 Å². The molecule has 0 saturated carbocycles. The molecule has 2 aromatic heterocycles. The normalized spacial score (nSPS) is 14.2. The fourth-order valence-corrected chi connectivity index (χ4v) is 4.45. The number of aromatic nitrogens is 3. The van der Waals surface area contributed by atoms with Crippen LogP contribution in [0, 0.1) is 11.3 Å². The molecule has 34 heavy (non-hydrogen) atoms. The van der Waals surface area contributed by atoms with E-state index >= 15 is 0 Å². The van der Waals surface area contributed by atoms with Crippen molar-refractivity contribution in [1.82, 2.24) is 20.1 Å². The highest BCUT2D eigenvalue weighted by molar-refractivity contribution is 5.97. The molecule has 0 atom stereocenters. The van der Waals surface area contributed by atoms with Gasteiger partial charge in [0.2, 0.25) is 0 Å². The van der Waals surface area contributed by atoms with Crippen molar-refractivity contribution in [2.75, 3.05) is 31.1 Å². The summed E-state index contributed by atoms with van der Waals surface area (Å²) in [6.07, 6.45) is 5.53. The number of nitrogens with one attached hydrogen (secondary N) is 1. The molecule has 7 nitrogen and oxygen atoms in total. The third kappa shape index (κ3) is 3.96. The van der Waals surface area contributed by atoms with E-state index in [0.29, 0.717) is 11.4 Å². The smallest absolute Gasteiger partial charge is 0.162 e. The van der Waals surface area contributed by atoms with Gasteiger partial charge in [0.1, 0.15) is 6.07 Å². The van der Waals surface area contributed by atoms with Crippen LogP contribution in [0.3, 0.4) is 0 Å². The lowest BCUT2D eigenvalue weighted by molar-refractivity contribution is 0.589. The van der Waals surface area contributed by atoms with Crippen LogP contribution in [0.4, 0.5) is 11.5 Å². The van der Waals surface area contributed by atoms with E-state index in [2.05, 4.69) is 44.1 Å². The Balaban J connectivity index is 1.51. The van der Waals surface area contributed by atoms with Crippen LogP contribution in [0.15, 0.2) is 65.9 Å². The zero-order valence-corrected chi connectivity index (χ0v) is 19.1. The van der Waals surface area contributed by atoms with E-state index in [1.807, 2.05) is 61.8 Å². The highest BCUT2D eigenvalue weighted by Gasteiger charge is 2.16. The van der Waals surface area contributed by atoms with Gasteiger partial charge in [-0.15, -0.1) is 0 Å². The van der Waals surface area contributed by atoms with E-state index in [1.165, 1.54) is 0 Å². The van der Waals surface area contributed by atoms with Crippen LogP contribution < -0.4 is 10.2 Å². The number of anilines is 1. The minimum absolute atomic E-state index is 0.661. The third-order valence-corrected chi connectivity index (χ3v) is 6.20. The summed E-state index contributed by atoms with van der Waals surface area (Å²) < 4.78 is 1.74. The molecule has 1 N–H and O–H groups in total. The zero-order chi connectivity index (χ0) is 23.5. The van der Waals surface area contributed by atoms with Gasteiger partial charge in [-0.3, -0.25) is 4.98 Å². The van der Waals surface area contributed by atoms with Gasteiger partial charge in [-0.2, -0.15) is 10.4 Å². The maximum atomic E-state index is 9.79. The molecule has 1 aliphatic rings. The van der Waals surface area contributed by atoms with Crippen LogP contribution in [0.25, 0.3) is 33.8 Å². The summed E-state index contributed by atoms with van der Waals surface area (Å²) in [6.45, 7) is 9.46. The number of nitriles is 1. The van der Waals surface area contributed by atoms with Gasteiger partial charge in [0.15, 0.2) is 5.82 Å². The second-order valence-electron chi connectivity index (χ2n) is 8.25. The fourth-order valence-electron chi connectivity index (χ4n) is 4.45. The van der Waals surface area contributed by atoms with Crippen molar-refractivity contribution in [2.24, 2.45) is 4.99 Å². The van der Waals surface area contributed by atoms with Gasteiger partial charge in [0, 0.05) is 49.5 Å². The first kappa shape index (κ1) is 21.6. The van der Waals surface area contributed by atoms with Gasteiger partial charge < -0.3 is 10.2 Å². The van der Waals surface area contributed by atoms with Gasteiger partial charge in [-0.05, 0) is 54.6 Å². The number of rotatable bonds is 5. The second kappa shape index (κ2) is 9.30. The first-order valence-corrected chi connectivity index (χ1v) is 11.3. The predicted octanol–water partition coefficient (Wildman–Crippen LogP) is 4.73. The van der Waals surface area contributed by atoms with Crippen LogP contribution in [-0.4, -0.2) is 47.7 Å². The van der Waals surface area contributed by atoms with Crippen LogP contribution in [0.1, 0.15) is 18.1 Å². The molecule has 0 spiro atoms. The molecule has 1 fully saturated rings. The Bertz CT molecular complexity index is 1430. The standard InChI is InChI=1S/C27H25N7/c1-19(20-8-9-26(21(15-20)16-28)33-13-11-30-12-14-33)18-34-27(29-2)24(17-32-34)22-5-3-7-25-23(22)6-4-10-31-25/h3-10,15,17-18,30H,2,11-14H2,1H3/b19-18+. The Labute approximate surface area is 198 Å². The number of pyridine rings is 1. The quantitative estimate of drug-likeness (QED) is 0.447. The van der Waals surface area contributed by atoms with Crippen molar-refractivity contribution in [2.45, 2.75) is 6.92 Å². The molecule has 0 amide bonds. The molecular formula is C27H25N7. The van der Waals surface area contributed by atoms with E-state index < -0.39 is 0 Å². The van der Waals surface area contributed by atoms with Gasteiger partial charge in [0.05, 0.1) is 23.0 Å². The number of hydrogen-bond donors (Lipinski definition) is 1. The van der Waals surface area contributed by atoms with Crippen LogP contribution >= 0.6 is 0 Å². The number of benzene rings is 2. The minimum atomic E-state index is 0.661. The Morgan fingerprint density at radius 1 is 1.15 bits per heavy atom. The van der Waals surface area contributed by atoms with Crippen molar-refractivity contribution < 1.29 is 0 Å². The van der Waals surface area contributed by atoms with E-state index in [1.54, 1.807) is 10.9 Å². The largest absolute Gasteiger partial charge is 0.368 e. The number of aliphatic imine (C=N–C) groups is 1. The molecule has 4 aromatic rings. The number of fused-ring (bicyclic) bond motifs is 1. The molecule has 2 aromatic carbocycles. The molecule has 0 unspecified atom stereocenters. The molecule has 168 valence electrons. The lowest BCUT2D eigenvalue weighted by atomic mass is 10.0. The van der Waals surface area contributed by atoms with Crippen molar-refractivity contribution in [3.8, 4) is 17.2 Å². The predicted molar refractivity (Wildman–Crippen MR) is 138 cm³/mol. The minimum Gasteiger partial charge on any atom is -0.368 e. The summed E-state index contributed by atoms with van der Waals surface area (Å²) in [6, 6.07) is 18.4. The summed E-state index contributed by atoms with van der Waals surface area (Å²) in [5.74, 6) is 0.661. The number of allylic oxidation sites excluding steroid dienone is 1. The third-order valence-electron chi connectivity index (χ3n) is 6.20. The summed E-state index contributed by atoms with van der Waals surface area (Å²) in [5.41, 5.74) is 6.43. The lowest BCUT2D eigenvalue weighted by Crippen LogP contribution is -2.43. The van der Waals surface area contributed by atoms with Gasteiger partial charge in [-0.1, -0.05) is 24.3 Å². The van der Waals surface area contributed by atoms with Gasteiger partial charge >= 0.3 is 0 Å². The van der Waals surface area contributed by atoms with Crippen molar-refractivity contribution in [3.63, 3.8) is 0 Å². The SMILES string of the molecule is C=Nc1c(-c2cccc3ncccc23)cnn1/C=C(\C)c1ccc(N2CCNCC2)c(C#N)c1. The summed E-state index contributed by atoms with van der Waals surface area (Å²) in [5, 5.41) is 18.8.